The molecule has 0 aliphatic rings. The van der Waals surface area contributed by atoms with Crippen molar-refractivity contribution in [3.8, 4) is 0 Å². The van der Waals surface area contributed by atoms with Gasteiger partial charge in [0.1, 0.15) is 0 Å². The minimum absolute atomic E-state index is 0. The molecule has 0 heterocycles. The summed E-state index contributed by atoms with van der Waals surface area (Å²) in [6, 6.07) is 0. The molecule has 0 saturated heterocycles. The van der Waals surface area contributed by atoms with Gasteiger partial charge in [0.2, 0.25) is 0 Å². The molecule has 0 amide bonds. The van der Waals surface area contributed by atoms with Crippen LogP contribution in [0.5, 0.6) is 0 Å². The van der Waals surface area contributed by atoms with Gasteiger partial charge in [-0.25, -0.2) is 0 Å². The number of rotatable bonds is 2. The molecule has 0 aromatic carbocycles. The summed E-state index contributed by atoms with van der Waals surface area (Å²) in [6.07, 6.45) is 2.17. The third-order valence-corrected chi connectivity index (χ3v) is 0.824. The molecular weight excluding hydrogens is 296 g/mol. The summed E-state index contributed by atoms with van der Waals surface area (Å²) >= 11 is 0. The van der Waals surface area contributed by atoms with E-state index >= 15 is 0 Å². The van der Waals surface area contributed by atoms with Crippen LogP contribution in [-0.4, -0.2) is 33.0 Å². The van der Waals surface area contributed by atoms with Crippen molar-refractivity contribution < 1.29 is 46.6 Å². The summed E-state index contributed by atoms with van der Waals surface area (Å²) in [6.45, 7) is 9.14. The van der Waals surface area contributed by atoms with Crippen molar-refractivity contribution in [3.05, 3.63) is 31.1 Å². The molecule has 0 aliphatic heterocycles. The van der Waals surface area contributed by atoms with Gasteiger partial charge in [0.05, 0.1) is 11.5 Å². The molecule has 20 heavy (non-hydrogen) atoms. The summed E-state index contributed by atoms with van der Waals surface area (Å²) in [4.78, 5) is 20.0. The number of aliphatic hydroxyl groups excluding tert-OH is 3. The molecule has 0 atom stereocenters. The first-order chi connectivity index (χ1) is 7.98. The largest absolute Gasteiger partial charge is 0.512 e. The standard InChI is InChI=1S/2C5H8O2.C3H8O.CH3.Ti/c2*1-4(6)3-5(2)7;1-3(2)4;;/h2*3,6H,1-2H3;3-4H,1-2H3;1H3;/q;;;-1;. The summed E-state index contributed by atoms with van der Waals surface area (Å²) in [7, 11) is 0. The maximum absolute atomic E-state index is 10.0. The molecule has 0 fully saturated rings. The van der Waals surface area contributed by atoms with E-state index in [-0.39, 0.29) is 58.3 Å². The van der Waals surface area contributed by atoms with Crippen LogP contribution in [0.25, 0.3) is 0 Å². The van der Waals surface area contributed by atoms with E-state index in [4.69, 9.17) is 15.3 Å². The fourth-order valence-corrected chi connectivity index (χ4v) is 0.588. The summed E-state index contributed by atoms with van der Waals surface area (Å²) < 4.78 is 0. The second-order valence-corrected chi connectivity index (χ2v) is 3.89. The van der Waals surface area contributed by atoms with Crippen LogP contribution in [0.2, 0.25) is 0 Å². The first-order valence-electron chi connectivity index (χ1n) is 5.42. The molecule has 3 N–H and O–H groups in total. The van der Waals surface area contributed by atoms with Crippen molar-refractivity contribution in [2.75, 3.05) is 0 Å². The van der Waals surface area contributed by atoms with Crippen molar-refractivity contribution in [1.29, 1.82) is 0 Å². The Morgan fingerprint density at radius 3 is 1.00 bits per heavy atom. The van der Waals surface area contributed by atoms with E-state index < -0.39 is 0 Å². The zero-order valence-corrected chi connectivity index (χ0v) is 15.0. The first kappa shape index (κ1) is 31.5. The Morgan fingerprint density at radius 1 is 0.850 bits per heavy atom. The van der Waals surface area contributed by atoms with Crippen molar-refractivity contribution in [1.82, 2.24) is 0 Å². The van der Waals surface area contributed by atoms with Crippen molar-refractivity contribution >= 4 is 11.6 Å². The Hall–Kier alpha value is -0.906. The van der Waals surface area contributed by atoms with Gasteiger partial charge >= 0.3 is 0 Å². The quantitative estimate of drug-likeness (QED) is 0.314. The van der Waals surface area contributed by atoms with Gasteiger partial charge in [0.15, 0.2) is 11.6 Å². The van der Waals surface area contributed by atoms with Gasteiger partial charge in [-0.1, -0.05) is 0 Å². The van der Waals surface area contributed by atoms with Crippen LogP contribution in [0.1, 0.15) is 41.5 Å². The Balaban J connectivity index is -0.0000000555. The Morgan fingerprint density at radius 2 is 1.00 bits per heavy atom. The third-order valence-electron chi connectivity index (χ3n) is 0.824. The normalized spacial score (nSPS) is 9.80. The molecule has 6 heteroatoms. The minimum Gasteiger partial charge on any atom is -0.512 e. The van der Waals surface area contributed by atoms with Crippen molar-refractivity contribution in [2.24, 2.45) is 0 Å². The van der Waals surface area contributed by atoms with Crippen LogP contribution in [0.15, 0.2) is 23.7 Å². The molecule has 0 aliphatic carbocycles. The van der Waals surface area contributed by atoms with E-state index in [1.807, 2.05) is 0 Å². The predicted molar refractivity (Wildman–Crippen MR) is 77.9 cm³/mol. The predicted octanol–water partition coefficient (Wildman–Crippen LogP) is 2.91. The number of aliphatic hydroxyl groups is 3. The van der Waals surface area contributed by atoms with Crippen LogP contribution in [0.4, 0.5) is 0 Å². The van der Waals surface area contributed by atoms with Gasteiger partial charge in [0, 0.05) is 40.0 Å². The van der Waals surface area contributed by atoms with E-state index in [1.54, 1.807) is 13.8 Å². The van der Waals surface area contributed by atoms with Gasteiger partial charge in [-0.05, 0) is 41.5 Å². The third kappa shape index (κ3) is 88.0. The summed E-state index contributed by atoms with van der Waals surface area (Å²) in [5.41, 5.74) is 0. The number of carbonyl (C=O) groups is 2. The van der Waals surface area contributed by atoms with Gasteiger partial charge < -0.3 is 22.7 Å². The monoisotopic (exact) mass is 323 g/mol. The van der Waals surface area contributed by atoms with Crippen LogP contribution in [-0.2, 0) is 31.3 Å². The van der Waals surface area contributed by atoms with E-state index in [0.29, 0.717) is 0 Å². The molecule has 0 aromatic rings. The average Bonchev–Trinajstić information content (AvgIpc) is 1.96. The molecule has 118 valence electrons. The van der Waals surface area contributed by atoms with Gasteiger partial charge in [0.25, 0.3) is 0 Å². The molecule has 5 nitrogen and oxygen atoms in total. The Kier molecular flexibility index (Phi) is 32.1. The maximum Gasteiger partial charge on any atom is 0.155 e. The molecule has 0 bridgehead atoms. The zero-order chi connectivity index (χ0) is 15.3. The molecule has 0 saturated carbocycles. The zero-order valence-electron chi connectivity index (χ0n) is 13.4. The van der Waals surface area contributed by atoms with Gasteiger partial charge in [-0.3, -0.25) is 9.59 Å². The van der Waals surface area contributed by atoms with E-state index in [2.05, 4.69) is 0 Å². The maximum atomic E-state index is 10.0. The number of allylic oxidation sites excluding steroid dienone is 4. The second-order valence-electron chi connectivity index (χ2n) is 3.89. The van der Waals surface area contributed by atoms with Gasteiger partial charge in [-0.2, -0.15) is 0 Å². The van der Waals surface area contributed by atoms with E-state index in [9.17, 15) is 9.59 Å². The molecule has 0 radical (unpaired) electrons. The van der Waals surface area contributed by atoms with Gasteiger partial charge in [-0.15, -0.1) is 0 Å². The molecule has 0 aromatic heterocycles. The number of hydrogen-bond donors (Lipinski definition) is 3. The minimum atomic E-state index is -0.167. The summed E-state index contributed by atoms with van der Waals surface area (Å²) in [5.74, 6) is -0.125. The summed E-state index contributed by atoms with van der Waals surface area (Å²) in [5, 5.41) is 24.8. The average molecular weight is 323 g/mol. The van der Waals surface area contributed by atoms with Crippen LogP contribution in [0, 0.1) is 7.43 Å². The first-order valence-corrected chi connectivity index (χ1v) is 5.42. The fraction of sp³-hybridized carbons (Fsp3) is 0.500. The van der Waals surface area contributed by atoms with E-state index in [1.165, 1.54) is 39.8 Å². The van der Waals surface area contributed by atoms with Crippen molar-refractivity contribution in [3.63, 3.8) is 0 Å². The van der Waals surface area contributed by atoms with Crippen LogP contribution >= 0.6 is 0 Å². The number of hydrogen-bond acceptors (Lipinski definition) is 5. The SMILES string of the molecule is CC(=O)C=C(C)O.CC(=O)C=C(C)O.CC(C)O.[CH3-].[Ti]. The topological polar surface area (TPSA) is 94.8 Å². The van der Waals surface area contributed by atoms with Crippen LogP contribution in [0.3, 0.4) is 0 Å². The smallest absolute Gasteiger partial charge is 0.155 e. The number of carbonyl (C=O) groups excluding carboxylic acids is 2. The fourth-order valence-electron chi connectivity index (χ4n) is 0.588. The molecular formula is C14H27O5Ti-. The number of ketones is 2. The van der Waals surface area contributed by atoms with E-state index in [0.717, 1.165) is 0 Å². The Bertz CT molecular complexity index is 268. The molecule has 0 rings (SSSR count). The van der Waals surface area contributed by atoms with Crippen molar-refractivity contribution in [2.45, 2.75) is 47.6 Å². The molecule has 0 unspecified atom stereocenters. The molecule has 0 spiro atoms. The second kappa shape index (κ2) is 20.4. The Labute approximate surface area is 137 Å². The van der Waals surface area contributed by atoms with Crippen LogP contribution < -0.4 is 0 Å².